The fourth-order valence-electron chi connectivity index (χ4n) is 2.53. The number of pyridine rings is 1. The van der Waals surface area contributed by atoms with E-state index in [2.05, 4.69) is 10.3 Å². The Labute approximate surface area is 128 Å². The molecule has 1 fully saturated rings. The molecule has 0 aromatic carbocycles. The number of nitrogens with one attached hydrogen (secondary N) is 1. The molecule has 1 aliphatic heterocycles. The van der Waals surface area contributed by atoms with Gasteiger partial charge in [0.1, 0.15) is 11.4 Å². The molecule has 22 heavy (non-hydrogen) atoms. The van der Waals surface area contributed by atoms with E-state index in [1.807, 2.05) is 0 Å². The van der Waals surface area contributed by atoms with E-state index < -0.39 is 17.8 Å². The summed E-state index contributed by atoms with van der Waals surface area (Å²) in [4.78, 5) is 27.5. The average molecular weight is 308 g/mol. The molecule has 1 aromatic heterocycles. The Bertz CT molecular complexity index is 528. The minimum atomic E-state index is -0.897. The number of hydrogen-bond donors (Lipinski definition) is 2. The van der Waals surface area contributed by atoms with Gasteiger partial charge >= 0.3 is 5.97 Å². The van der Waals surface area contributed by atoms with Gasteiger partial charge in [-0.25, -0.2) is 0 Å². The van der Waals surface area contributed by atoms with Gasteiger partial charge in [0.25, 0.3) is 5.91 Å². The van der Waals surface area contributed by atoms with Gasteiger partial charge in [-0.3, -0.25) is 14.6 Å². The molecule has 1 unspecified atom stereocenters. The van der Waals surface area contributed by atoms with Crippen LogP contribution in [0.3, 0.4) is 0 Å². The highest BCUT2D eigenvalue weighted by molar-refractivity contribution is 5.92. The summed E-state index contributed by atoms with van der Waals surface area (Å²) in [5.74, 6) is -1.37. The summed E-state index contributed by atoms with van der Waals surface area (Å²) in [6.07, 6.45) is 2.87. The van der Waals surface area contributed by atoms with Crippen molar-refractivity contribution in [2.45, 2.75) is 12.8 Å². The molecule has 7 nitrogen and oxygen atoms in total. The molecule has 0 bridgehead atoms. The van der Waals surface area contributed by atoms with Gasteiger partial charge in [-0.1, -0.05) is 0 Å². The van der Waals surface area contributed by atoms with Crippen LogP contribution in [0.5, 0.6) is 5.75 Å². The zero-order valence-electron chi connectivity index (χ0n) is 12.4. The first-order valence-corrected chi connectivity index (χ1v) is 7.20. The van der Waals surface area contributed by atoms with Gasteiger partial charge in [0.05, 0.1) is 13.0 Å². The molecule has 2 heterocycles. The molecule has 1 atom stereocenters. The number of carbonyl (C=O) groups is 2. The lowest BCUT2D eigenvalue weighted by molar-refractivity contribution is -0.144. The Morgan fingerprint density at radius 1 is 1.50 bits per heavy atom. The van der Waals surface area contributed by atoms with Crippen molar-refractivity contribution in [2.75, 3.05) is 26.9 Å². The molecule has 2 rings (SSSR count). The molecule has 120 valence electrons. The van der Waals surface area contributed by atoms with Crippen molar-refractivity contribution in [3.05, 3.63) is 24.0 Å². The number of hydrogen-bond acceptors (Lipinski definition) is 5. The van der Waals surface area contributed by atoms with E-state index in [0.717, 1.165) is 0 Å². The zero-order chi connectivity index (χ0) is 15.9. The second-order valence-electron chi connectivity index (χ2n) is 5.19. The number of carboxylic acids is 1. The summed E-state index contributed by atoms with van der Waals surface area (Å²) in [5, 5.41) is 12.0. The molecule has 1 aromatic rings. The fraction of sp³-hybridized carbons (Fsp3) is 0.533. The van der Waals surface area contributed by atoms with Crippen LogP contribution in [-0.4, -0.2) is 48.8 Å². The maximum atomic E-state index is 12.1. The van der Waals surface area contributed by atoms with Crippen molar-refractivity contribution in [3.63, 3.8) is 0 Å². The maximum Gasteiger partial charge on any atom is 0.308 e. The summed E-state index contributed by atoms with van der Waals surface area (Å²) in [6, 6.07) is 3.15. The Kier molecular flexibility index (Phi) is 5.71. The van der Waals surface area contributed by atoms with Gasteiger partial charge in [0, 0.05) is 32.0 Å². The smallest absolute Gasteiger partial charge is 0.308 e. The van der Waals surface area contributed by atoms with Crippen molar-refractivity contribution in [2.24, 2.45) is 11.8 Å². The van der Waals surface area contributed by atoms with Crippen LogP contribution in [-0.2, 0) is 9.53 Å². The molecule has 1 saturated heterocycles. The minimum Gasteiger partial charge on any atom is -0.497 e. The number of carboxylic acid groups (broad SMARTS) is 1. The summed E-state index contributed by atoms with van der Waals surface area (Å²) >= 11 is 0. The standard InChI is InChI=1S/C15H20N2O5/c1-21-11-2-5-16-13(8-11)14(18)17-9-12(15(19)20)10-3-6-22-7-4-10/h2,5,8,10,12H,3-4,6-7,9H2,1H3,(H,17,18)(H,19,20). The molecule has 0 spiro atoms. The second-order valence-corrected chi connectivity index (χ2v) is 5.19. The van der Waals surface area contributed by atoms with E-state index in [-0.39, 0.29) is 18.2 Å². The quantitative estimate of drug-likeness (QED) is 0.812. The van der Waals surface area contributed by atoms with Crippen LogP contribution in [0, 0.1) is 11.8 Å². The van der Waals surface area contributed by atoms with Gasteiger partial charge < -0.3 is 19.9 Å². The van der Waals surface area contributed by atoms with Crippen LogP contribution in [0.2, 0.25) is 0 Å². The van der Waals surface area contributed by atoms with E-state index in [9.17, 15) is 14.7 Å². The normalized spacial score (nSPS) is 16.8. The fourth-order valence-corrected chi connectivity index (χ4v) is 2.53. The van der Waals surface area contributed by atoms with Gasteiger partial charge in [-0.2, -0.15) is 0 Å². The molecule has 1 amide bonds. The zero-order valence-corrected chi connectivity index (χ0v) is 12.4. The van der Waals surface area contributed by atoms with Crippen LogP contribution in [0.15, 0.2) is 18.3 Å². The van der Waals surface area contributed by atoms with Crippen molar-refractivity contribution in [1.82, 2.24) is 10.3 Å². The minimum absolute atomic E-state index is 0.0184. The molecule has 1 aliphatic rings. The van der Waals surface area contributed by atoms with Gasteiger partial charge in [-0.05, 0) is 24.8 Å². The molecular weight excluding hydrogens is 288 g/mol. The van der Waals surface area contributed by atoms with Crippen LogP contribution in [0.4, 0.5) is 0 Å². The van der Waals surface area contributed by atoms with E-state index in [1.165, 1.54) is 19.4 Å². The van der Waals surface area contributed by atoms with Crippen LogP contribution in [0.1, 0.15) is 23.3 Å². The predicted molar refractivity (Wildman–Crippen MR) is 77.8 cm³/mol. The van der Waals surface area contributed by atoms with Gasteiger partial charge in [0.15, 0.2) is 0 Å². The number of aliphatic carboxylic acids is 1. The van der Waals surface area contributed by atoms with E-state index in [1.54, 1.807) is 6.07 Å². The topological polar surface area (TPSA) is 97.8 Å². The molecule has 0 radical (unpaired) electrons. The van der Waals surface area contributed by atoms with Crippen LogP contribution < -0.4 is 10.1 Å². The first-order valence-electron chi connectivity index (χ1n) is 7.20. The highest BCUT2D eigenvalue weighted by atomic mass is 16.5. The number of aromatic nitrogens is 1. The predicted octanol–water partition coefficient (Wildman–Crippen LogP) is 0.947. The maximum absolute atomic E-state index is 12.1. The number of carbonyl (C=O) groups excluding carboxylic acids is 1. The van der Waals surface area contributed by atoms with E-state index in [0.29, 0.717) is 31.8 Å². The Balaban J connectivity index is 1.96. The highest BCUT2D eigenvalue weighted by Gasteiger charge is 2.30. The number of rotatable bonds is 6. The van der Waals surface area contributed by atoms with Crippen LogP contribution in [0.25, 0.3) is 0 Å². The first-order chi connectivity index (χ1) is 10.6. The summed E-state index contributed by atoms with van der Waals surface area (Å²) in [5.41, 5.74) is 0.204. The SMILES string of the molecule is COc1ccnc(C(=O)NCC(C(=O)O)C2CCOCC2)c1. The molecule has 2 N–H and O–H groups in total. The largest absolute Gasteiger partial charge is 0.497 e. The van der Waals surface area contributed by atoms with Crippen molar-refractivity contribution in [3.8, 4) is 5.75 Å². The third kappa shape index (κ3) is 4.17. The summed E-state index contributed by atoms with van der Waals surface area (Å²) < 4.78 is 10.3. The molecule has 0 saturated carbocycles. The summed E-state index contributed by atoms with van der Waals surface area (Å²) in [6.45, 7) is 1.22. The van der Waals surface area contributed by atoms with Crippen molar-refractivity contribution in [1.29, 1.82) is 0 Å². The van der Waals surface area contributed by atoms with E-state index >= 15 is 0 Å². The lowest BCUT2D eigenvalue weighted by atomic mass is 9.86. The number of nitrogens with zero attached hydrogens (tertiary/aromatic N) is 1. The molecule has 7 heteroatoms. The van der Waals surface area contributed by atoms with Gasteiger partial charge in [-0.15, -0.1) is 0 Å². The Morgan fingerprint density at radius 2 is 2.23 bits per heavy atom. The lowest BCUT2D eigenvalue weighted by Gasteiger charge is -2.27. The molecule has 0 aliphatic carbocycles. The second kappa shape index (κ2) is 7.74. The number of amides is 1. The summed E-state index contributed by atoms with van der Waals surface area (Å²) in [7, 11) is 1.50. The monoisotopic (exact) mass is 308 g/mol. The third-order valence-corrected chi connectivity index (χ3v) is 3.83. The van der Waals surface area contributed by atoms with E-state index in [4.69, 9.17) is 9.47 Å². The van der Waals surface area contributed by atoms with Crippen molar-refractivity contribution < 1.29 is 24.2 Å². The number of methoxy groups -OCH3 is 1. The first kappa shape index (κ1) is 16.2. The third-order valence-electron chi connectivity index (χ3n) is 3.83. The Morgan fingerprint density at radius 3 is 2.86 bits per heavy atom. The van der Waals surface area contributed by atoms with Crippen LogP contribution >= 0.6 is 0 Å². The Hall–Kier alpha value is -2.15. The average Bonchev–Trinajstić information content (AvgIpc) is 2.55. The lowest BCUT2D eigenvalue weighted by Crippen LogP contribution is -2.39. The van der Waals surface area contributed by atoms with Crippen molar-refractivity contribution >= 4 is 11.9 Å². The molecular formula is C15H20N2O5. The van der Waals surface area contributed by atoms with Gasteiger partial charge in [0.2, 0.25) is 0 Å². The highest BCUT2D eigenvalue weighted by Crippen LogP contribution is 2.23. The number of ether oxygens (including phenoxy) is 2.